The lowest BCUT2D eigenvalue weighted by Gasteiger charge is -2.17. The van der Waals surface area contributed by atoms with Crippen molar-refractivity contribution in [3.63, 3.8) is 0 Å². The third kappa shape index (κ3) is 3.21. The average molecular weight is 358 g/mol. The molecular formula is C14H13ClIN. The Bertz CT molecular complexity index is 433. The largest absolute Gasteiger partial charge is 0.309 e. The molecule has 0 fully saturated rings. The van der Waals surface area contributed by atoms with Crippen LogP contribution in [0.25, 0.3) is 0 Å². The zero-order chi connectivity index (χ0) is 12.3. The van der Waals surface area contributed by atoms with Gasteiger partial charge in [-0.3, -0.25) is 0 Å². The van der Waals surface area contributed by atoms with E-state index in [0.29, 0.717) is 0 Å². The van der Waals surface area contributed by atoms with Crippen LogP contribution in [0.3, 0.4) is 0 Å². The van der Waals surface area contributed by atoms with E-state index in [1.54, 1.807) is 0 Å². The molecule has 0 aromatic heterocycles. The second-order valence-corrected chi connectivity index (χ2v) is 5.51. The van der Waals surface area contributed by atoms with E-state index in [9.17, 15) is 0 Å². The van der Waals surface area contributed by atoms with Gasteiger partial charge in [0, 0.05) is 8.59 Å². The van der Waals surface area contributed by atoms with Crippen molar-refractivity contribution < 1.29 is 0 Å². The highest BCUT2D eigenvalue weighted by molar-refractivity contribution is 14.1. The van der Waals surface area contributed by atoms with Gasteiger partial charge < -0.3 is 5.32 Å². The minimum absolute atomic E-state index is 0.212. The van der Waals surface area contributed by atoms with Crippen LogP contribution in [0.5, 0.6) is 0 Å². The Kier molecular flexibility index (Phi) is 4.42. The fraction of sp³-hybridized carbons (Fsp3) is 0.143. The normalized spacial score (nSPS) is 12.4. The van der Waals surface area contributed by atoms with Crippen molar-refractivity contribution in [1.82, 2.24) is 5.32 Å². The zero-order valence-electron chi connectivity index (χ0n) is 9.45. The summed E-state index contributed by atoms with van der Waals surface area (Å²) < 4.78 is 1.25. The predicted molar refractivity (Wildman–Crippen MR) is 81.5 cm³/mol. The van der Waals surface area contributed by atoms with E-state index < -0.39 is 0 Å². The van der Waals surface area contributed by atoms with E-state index in [4.69, 9.17) is 11.6 Å². The van der Waals surface area contributed by atoms with Crippen LogP contribution in [0.2, 0.25) is 5.02 Å². The molecule has 0 spiro atoms. The highest BCUT2D eigenvalue weighted by atomic mass is 127. The van der Waals surface area contributed by atoms with Gasteiger partial charge in [-0.25, -0.2) is 0 Å². The summed E-state index contributed by atoms with van der Waals surface area (Å²) in [5, 5.41) is 4.10. The quantitative estimate of drug-likeness (QED) is 0.810. The topological polar surface area (TPSA) is 12.0 Å². The molecule has 2 aromatic rings. The summed E-state index contributed by atoms with van der Waals surface area (Å²) in [5.41, 5.74) is 2.48. The molecule has 17 heavy (non-hydrogen) atoms. The highest BCUT2D eigenvalue weighted by Gasteiger charge is 2.11. The summed E-state index contributed by atoms with van der Waals surface area (Å²) in [7, 11) is 1.97. The molecule has 1 N–H and O–H groups in total. The summed E-state index contributed by atoms with van der Waals surface area (Å²) >= 11 is 8.22. The average Bonchev–Trinajstić information content (AvgIpc) is 2.35. The van der Waals surface area contributed by atoms with Crippen LogP contribution in [-0.2, 0) is 0 Å². The van der Waals surface area contributed by atoms with Gasteiger partial charge in [-0.05, 0) is 65.0 Å². The van der Waals surface area contributed by atoms with Gasteiger partial charge in [-0.2, -0.15) is 0 Å². The second-order valence-electron chi connectivity index (χ2n) is 3.82. The lowest BCUT2D eigenvalue weighted by Crippen LogP contribution is -2.17. The van der Waals surface area contributed by atoms with Gasteiger partial charge in [-0.1, -0.05) is 35.9 Å². The Morgan fingerprint density at radius 1 is 0.941 bits per heavy atom. The van der Waals surface area contributed by atoms with Gasteiger partial charge in [0.15, 0.2) is 0 Å². The molecular weight excluding hydrogens is 345 g/mol. The number of halogens is 2. The fourth-order valence-electron chi connectivity index (χ4n) is 1.84. The van der Waals surface area contributed by atoms with Crippen LogP contribution in [0.15, 0.2) is 48.5 Å². The minimum Gasteiger partial charge on any atom is -0.309 e. The van der Waals surface area contributed by atoms with Gasteiger partial charge in [0.05, 0.1) is 6.04 Å². The molecule has 0 aliphatic carbocycles. The van der Waals surface area contributed by atoms with E-state index in [1.165, 1.54) is 14.7 Å². The second kappa shape index (κ2) is 5.85. The maximum atomic E-state index is 5.90. The molecule has 0 saturated carbocycles. The number of nitrogens with one attached hydrogen (secondary N) is 1. The van der Waals surface area contributed by atoms with Crippen LogP contribution in [0.1, 0.15) is 17.2 Å². The van der Waals surface area contributed by atoms with E-state index in [1.807, 2.05) is 19.2 Å². The first-order valence-electron chi connectivity index (χ1n) is 5.39. The summed E-state index contributed by atoms with van der Waals surface area (Å²) in [6.07, 6.45) is 0. The third-order valence-corrected chi connectivity index (χ3v) is 3.67. The first-order valence-corrected chi connectivity index (χ1v) is 6.84. The van der Waals surface area contributed by atoms with Crippen LogP contribution < -0.4 is 5.32 Å². The molecule has 0 amide bonds. The molecule has 0 heterocycles. The van der Waals surface area contributed by atoms with E-state index in [2.05, 4.69) is 64.3 Å². The van der Waals surface area contributed by atoms with Crippen molar-refractivity contribution in [1.29, 1.82) is 0 Å². The molecule has 1 atom stereocenters. The molecule has 2 aromatic carbocycles. The maximum absolute atomic E-state index is 5.90. The van der Waals surface area contributed by atoms with Crippen molar-refractivity contribution in [2.75, 3.05) is 7.05 Å². The third-order valence-electron chi connectivity index (χ3n) is 2.70. The number of hydrogen-bond donors (Lipinski definition) is 1. The lowest BCUT2D eigenvalue weighted by atomic mass is 9.99. The highest BCUT2D eigenvalue weighted by Crippen LogP contribution is 2.23. The van der Waals surface area contributed by atoms with Crippen LogP contribution in [-0.4, -0.2) is 7.05 Å². The van der Waals surface area contributed by atoms with E-state index in [-0.39, 0.29) is 6.04 Å². The predicted octanol–water partition coefficient (Wildman–Crippen LogP) is 4.25. The SMILES string of the molecule is CNC(c1ccc(Cl)cc1)c1ccc(I)cc1. The van der Waals surface area contributed by atoms with Gasteiger partial charge >= 0.3 is 0 Å². The molecule has 1 unspecified atom stereocenters. The first kappa shape index (κ1) is 12.9. The monoisotopic (exact) mass is 357 g/mol. The lowest BCUT2D eigenvalue weighted by molar-refractivity contribution is 0.692. The van der Waals surface area contributed by atoms with E-state index in [0.717, 1.165) is 5.02 Å². The Balaban J connectivity index is 2.33. The molecule has 2 rings (SSSR count). The molecule has 0 bridgehead atoms. The summed E-state index contributed by atoms with van der Waals surface area (Å²) in [6, 6.07) is 16.7. The van der Waals surface area contributed by atoms with Gasteiger partial charge in [0.2, 0.25) is 0 Å². The molecule has 0 aliphatic heterocycles. The van der Waals surface area contributed by atoms with Crippen LogP contribution in [0.4, 0.5) is 0 Å². The molecule has 1 nitrogen and oxygen atoms in total. The Hall–Kier alpha value is -0.580. The van der Waals surface area contributed by atoms with Gasteiger partial charge in [-0.15, -0.1) is 0 Å². The summed E-state index contributed by atoms with van der Waals surface area (Å²) in [5.74, 6) is 0. The first-order chi connectivity index (χ1) is 8.20. The molecule has 88 valence electrons. The number of hydrogen-bond acceptors (Lipinski definition) is 1. The van der Waals surface area contributed by atoms with Crippen molar-refractivity contribution in [3.05, 3.63) is 68.3 Å². The Labute approximate surface area is 120 Å². The van der Waals surface area contributed by atoms with Crippen LogP contribution >= 0.6 is 34.2 Å². The Morgan fingerprint density at radius 2 is 1.41 bits per heavy atom. The van der Waals surface area contributed by atoms with Gasteiger partial charge in [0.25, 0.3) is 0 Å². The zero-order valence-corrected chi connectivity index (χ0v) is 12.4. The van der Waals surface area contributed by atoms with Crippen molar-refractivity contribution in [3.8, 4) is 0 Å². The standard InChI is InChI=1S/C14H13ClIN/c1-17-14(10-2-6-12(15)7-3-10)11-4-8-13(16)9-5-11/h2-9,14,17H,1H3. The number of benzene rings is 2. The molecule has 0 radical (unpaired) electrons. The van der Waals surface area contributed by atoms with Crippen molar-refractivity contribution in [2.24, 2.45) is 0 Å². The molecule has 3 heteroatoms. The fourth-order valence-corrected chi connectivity index (χ4v) is 2.32. The summed E-state index contributed by atoms with van der Waals surface area (Å²) in [4.78, 5) is 0. The van der Waals surface area contributed by atoms with Crippen molar-refractivity contribution in [2.45, 2.75) is 6.04 Å². The van der Waals surface area contributed by atoms with Crippen LogP contribution in [0, 0.1) is 3.57 Å². The number of rotatable bonds is 3. The summed E-state index contributed by atoms with van der Waals surface area (Å²) in [6.45, 7) is 0. The molecule has 0 saturated heterocycles. The Morgan fingerprint density at radius 3 is 1.88 bits per heavy atom. The minimum atomic E-state index is 0.212. The van der Waals surface area contributed by atoms with Crippen molar-refractivity contribution >= 4 is 34.2 Å². The van der Waals surface area contributed by atoms with Gasteiger partial charge in [0.1, 0.15) is 0 Å². The molecule has 0 aliphatic rings. The smallest absolute Gasteiger partial charge is 0.0574 e. The maximum Gasteiger partial charge on any atom is 0.0574 e. The van der Waals surface area contributed by atoms with E-state index >= 15 is 0 Å².